The minimum Gasteiger partial charge on any atom is -0.441 e. The van der Waals surface area contributed by atoms with Crippen LogP contribution in [0.4, 0.5) is 23.7 Å². The van der Waals surface area contributed by atoms with Gasteiger partial charge in [-0.15, -0.1) is 0 Å². The lowest BCUT2D eigenvalue weighted by Crippen LogP contribution is -2.17. The Balaban J connectivity index is 1.82. The largest absolute Gasteiger partial charge is 0.441 e. The minimum absolute atomic E-state index is 0.0657. The number of alkyl halides is 3. The molecule has 1 N–H and O–H groups in total. The van der Waals surface area contributed by atoms with Gasteiger partial charge in [0.2, 0.25) is 0 Å². The number of hydrogen-bond donors (Lipinski definition) is 1. The molecule has 0 aliphatic rings. The molecular weight excluding hydrogens is 409 g/mol. The molecule has 3 aromatic rings. The summed E-state index contributed by atoms with van der Waals surface area (Å²) in [6.07, 6.45) is -5.98. The first-order valence-corrected chi connectivity index (χ1v) is 8.90. The molecule has 1 heterocycles. The molecule has 1 atom stereocenters. The fourth-order valence-corrected chi connectivity index (χ4v) is 3.01. The van der Waals surface area contributed by atoms with Gasteiger partial charge in [-0.3, -0.25) is 5.32 Å². The fourth-order valence-electron chi connectivity index (χ4n) is 2.72. The zero-order valence-electron chi connectivity index (χ0n) is 15.4. The maximum Gasteiger partial charge on any atom is 0.416 e. The molecule has 0 saturated heterocycles. The van der Waals surface area contributed by atoms with Crippen LogP contribution < -0.4 is 5.32 Å². The molecule has 29 heavy (non-hydrogen) atoms. The van der Waals surface area contributed by atoms with Crippen molar-refractivity contribution in [2.45, 2.75) is 26.1 Å². The normalized spacial score (nSPS) is 12.5. The fraction of sp³-hybridized carbons (Fsp3) is 0.200. The Hall–Kier alpha value is -3.00. The molecule has 5 nitrogen and oxygen atoms in total. The van der Waals surface area contributed by atoms with Crippen molar-refractivity contribution >= 4 is 23.4 Å². The lowest BCUT2D eigenvalue weighted by molar-refractivity contribution is -0.137. The smallest absolute Gasteiger partial charge is 0.416 e. The molecule has 0 aliphatic heterocycles. The quantitative estimate of drug-likeness (QED) is 0.510. The number of aryl methyl sites for hydroxylation is 1. The van der Waals surface area contributed by atoms with Gasteiger partial charge in [-0.25, -0.2) is 4.79 Å². The molecule has 1 amide bonds. The van der Waals surface area contributed by atoms with Crippen LogP contribution in [0, 0.1) is 6.92 Å². The van der Waals surface area contributed by atoms with E-state index in [2.05, 4.69) is 10.5 Å². The Morgan fingerprint density at radius 3 is 2.62 bits per heavy atom. The van der Waals surface area contributed by atoms with Crippen LogP contribution in [0.3, 0.4) is 0 Å². The molecule has 0 radical (unpaired) electrons. The predicted octanol–water partition coefficient (Wildman–Crippen LogP) is 6.63. The van der Waals surface area contributed by atoms with E-state index >= 15 is 0 Å². The Morgan fingerprint density at radius 2 is 1.93 bits per heavy atom. The number of halogens is 4. The monoisotopic (exact) mass is 424 g/mol. The van der Waals surface area contributed by atoms with Crippen molar-refractivity contribution in [2.24, 2.45) is 0 Å². The van der Waals surface area contributed by atoms with Gasteiger partial charge < -0.3 is 9.26 Å². The third-order valence-corrected chi connectivity index (χ3v) is 4.52. The van der Waals surface area contributed by atoms with Crippen molar-refractivity contribution in [3.05, 3.63) is 70.4 Å². The summed E-state index contributed by atoms with van der Waals surface area (Å²) in [5.74, 6) is 0.222. The number of rotatable bonds is 4. The topological polar surface area (TPSA) is 64.4 Å². The van der Waals surface area contributed by atoms with Crippen LogP contribution in [0.15, 0.2) is 53.1 Å². The number of anilines is 1. The van der Waals surface area contributed by atoms with Gasteiger partial charge in [0.25, 0.3) is 0 Å². The number of carbonyl (C=O) groups excluding carboxylic acids is 1. The molecule has 3 rings (SSSR count). The molecule has 0 aliphatic carbocycles. The van der Waals surface area contributed by atoms with Gasteiger partial charge in [-0.1, -0.05) is 47.1 Å². The summed E-state index contributed by atoms with van der Waals surface area (Å²) in [5, 5.41) is 6.72. The summed E-state index contributed by atoms with van der Waals surface area (Å²) in [4.78, 5) is 12.3. The number of carbonyl (C=O) groups is 1. The molecule has 1 aromatic heterocycles. The van der Waals surface area contributed by atoms with Crippen LogP contribution in [0.25, 0.3) is 11.3 Å². The van der Waals surface area contributed by atoms with Gasteiger partial charge in [0.15, 0.2) is 5.76 Å². The van der Waals surface area contributed by atoms with Gasteiger partial charge >= 0.3 is 12.3 Å². The second-order valence-electron chi connectivity index (χ2n) is 6.23. The SMILES string of the molecule is Cc1onc(-c2cccc(C(F)(F)F)c2)c1NC(=O)OC(C)c1ccccc1Cl. The molecule has 0 spiro atoms. The lowest BCUT2D eigenvalue weighted by atomic mass is 10.1. The van der Waals surface area contributed by atoms with E-state index < -0.39 is 23.9 Å². The minimum atomic E-state index is -4.51. The average molecular weight is 425 g/mol. The van der Waals surface area contributed by atoms with Gasteiger partial charge in [0, 0.05) is 16.1 Å². The van der Waals surface area contributed by atoms with E-state index in [1.807, 2.05) is 0 Å². The summed E-state index contributed by atoms with van der Waals surface area (Å²) in [5.41, 5.74) is 0.115. The molecule has 0 fully saturated rings. The maximum absolute atomic E-state index is 13.0. The van der Waals surface area contributed by atoms with Crippen molar-refractivity contribution in [3.63, 3.8) is 0 Å². The first kappa shape index (κ1) is 20.7. The van der Waals surface area contributed by atoms with Crippen LogP contribution in [-0.4, -0.2) is 11.2 Å². The van der Waals surface area contributed by atoms with E-state index in [4.69, 9.17) is 20.9 Å². The number of nitrogens with one attached hydrogen (secondary N) is 1. The second kappa shape index (κ2) is 8.16. The highest BCUT2D eigenvalue weighted by atomic mass is 35.5. The van der Waals surface area contributed by atoms with E-state index in [1.54, 1.807) is 31.2 Å². The molecular formula is C20H16ClF3N2O3. The highest BCUT2D eigenvalue weighted by molar-refractivity contribution is 6.31. The van der Waals surface area contributed by atoms with Crippen molar-refractivity contribution in [1.82, 2.24) is 5.16 Å². The van der Waals surface area contributed by atoms with Crippen LogP contribution in [-0.2, 0) is 10.9 Å². The van der Waals surface area contributed by atoms with Gasteiger partial charge in [-0.05, 0) is 32.0 Å². The molecule has 2 aromatic carbocycles. The Bertz CT molecular complexity index is 1030. The van der Waals surface area contributed by atoms with Crippen molar-refractivity contribution in [1.29, 1.82) is 0 Å². The van der Waals surface area contributed by atoms with E-state index in [0.717, 1.165) is 12.1 Å². The Kier molecular flexibility index (Phi) is 5.83. The molecule has 152 valence electrons. The number of aromatic nitrogens is 1. The van der Waals surface area contributed by atoms with Gasteiger partial charge in [0.05, 0.1) is 5.56 Å². The number of amides is 1. The van der Waals surface area contributed by atoms with Crippen molar-refractivity contribution < 1.29 is 27.2 Å². The molecule has 0 bridgehead atoms. The van der Waals surface area contributed by atoms with E-state index in [1.165, 1.54) is 19.1 Å². The van der Waals surface area contributed by atoms with Crippen LogP contribution >= 0.6 is 11.6 Å². The Labute approximate surface area is 169 Å². The van der Waals surface area contributed by atoms with Crippen molar-refractivity contribution in [2.75, 3.05) is 5.32 Å². The first-order valence-electron chi connectivity index (χ1n) is 8.52. The average Bonchev–Trinajstić information content (AvgIpc) is 3.02. The molecule has 0 saturated carbocycles. The summed E-state index contributed by atoms with van der Waals surface area (Å²) >= 11 is 6.10. The third-order valence-electron chi connectivity index (χ3n) is 4.18. The van der Waals surface area contributed by atoms with Crippen LogP contribution in [0.1, 0.15) is 29.9 Å². The zero-order valence-corrected chi connectivity index (χ0v) is 16.1. The standard InChI is InChI=1S/C20H16ClF3N2O3/c1-11(15-8-3-4-9-16(15)21)28-19(27)25-17-12(2)29-26-18(17)13-6-5-7-14(10-13)20(22,23)24/h3-11H,1-2H3,(H,25,27). The lowest BCUT2D eigenvalue weighted by Gasteiger charge is -2.15. The van der Waals surface area contributed by atoms with Crippen LogP contribution in [0.2, 0.25) is 5.02 Å². The van der Waals surface area contributed by atoms with Crippen LogP contribution in [0.5, 0.6) is 0 Å². The second-order valence-corrected chi connectivity index (χ2v) is 6.64. The summed E-state index contributed by atoms with van der Waals surface area (Å²) in [6, 6.07) is 11.5. The highest BCUT2D eigenvalue weighted by Gasteiger charge is 2.31. The van der Waals surface area contributed by atoms with E-state index in [0.29, 0.717) is 10.6 Å². The number of hydrogen-bond acceptors (Lipinski definition) is 4. The molecule has 9 heteroatoms. The zero-order chi connectivity index (χ0) is 21.2. The van der Waals surface area contributed by atoms with E-state index in [9.17, 15) is 18.0 Å². The molecule has 1 unspecified atom stereocenters. The first-order chi connectivity index (χ1) is 13.7. The van der Waals surface area contributed by atoms with Gasteiger partial charge in [-0.2, -0.15) is 13.2 Å². The number of ether oxygens (including phenoxy) is 1. The third kappa shape index (κ3) is 4.71. The maximum atomic E-state index is 13.0. The van der Waals surface area contributed by atoms with Crippen molar-refractivity contribution in [3.8, 4) is 11.3 Å². The van der Waals surface area contributed by atoms with Gasteiger partial charge in [0.1, 0.15) is 17.5 Å². The Morgan fingerprint density at radius 1 is 1.21 bits per heavy atom. The van der Waals surface area contributed by atoms with E-state index in [-0.39, 0.29) is 22.7 Å². The summed E-state index contributed by atoms with van der Waals surface area (Å²) in [6.45, 7) is 3.17. The predicted molar refractivity (Wildman–Crippen MR) is 102 cm³/mol. The summed E-state index contributed by atoms with van der Waals surface area (Å²) in [7, 11) is 0. The number of benzene rings is 2. The highest BCUT2D eigenvalue weighted by Crippen LogP contribution is 2.35. The summed E-state index contributed by atoms with van der Waals surface area (Å²) < 4.78 is 49.4. The number of nitrogens with zero attached hydrogens (tertiary/aromatic N) is 1.